The van der Waals surface area contributed by atoms with Gasteiger partial charge in [-0.1, -0.05) is 0 Å². The van der Waals surface area contributed by atoms with Crippen LogP contribution in [0.5, 0.6) is 0 Å². The summed E-state index contributed by atoms with van der Waals surface area (Å²) in [5, 5.41) is 0. The number of hydrogen-bond acceptors (Lipinski definition) is 3. The van der Waals surface area contributed by atoms with E-state index in [1.54, 1.807) is 0 Å². The number of alkyl halides is 4. The molecular weight excluding hydrogens is 342 g/mol. The first kappa shape index (κ1) is 18.5. The molecule has 0 spiro atoms. The van der Waals surface area contributed by atoms with Crippen LogP contribution in [0.25, 0.3) is 0 Å². The molecular formula is C8H18Cl4O3Si2. The predicted octanol–water partition coefficient (Wildman–Crippen LogP) is 3.21. The zero-order valence-corrected chi connectivity index (χ0v) is 15.0. The molecule has 0 amide bonds. The third-order valence-corrected chi connectivity index (χ3v) is 11.2. The number of hydrogen-bond donors (Lipinski definition) is 0. The first-order chi connectivity index (χ1) is 7.95. The lowest BCUT2D eigenvalue weighted by molar-refractivity contribution is 0.208. The fraction of sp³-hybridized carbons (Fsp3) is 1.00. The Labute approximate surface area is 125 Å². The Morgan fingerprint density at radius 2 is 1.12 bits per heavy atom. The molecule has 3 nitrogen and oxygen atoms in total. The molecule has 0 aliphatic rings. The van der Waals surface area contributed by atoms with Gasteiger partial charge in [0.2, 0.25) is 0 Å². The first-order valence-electron chi connectivity index (χ1n) is 5.17. The molecule has 2 unspecified atom stereocenters. The molecule has 0 N–H and O–H groups in total. The summed E-state index contributed by atoms with van der Waals surface area (Å²) < 4.78 is 17.2. The molecule has 0 radical (unpaired) electrons. The van der Waals surface area contributed by atoms with Crippen LogP contribution in [0.15, 0.2) is 0 Å². The summed E-state index contributed by atoms with van der Waals surface area (Å²) in [4.78, 5) is 0. The van der Waals surface area contributed by atoms with Crippen LogP contribution in [0.1, 0.15) is 0 Å². The highest BCUT2D eigenvalue weighted by molar-refractivity contribution is 6.85. The van der Waals surface area contributed by atoms with Crippen molar-refractivity contribution in [2.75, 3.05) is 36.0 Å². The lowest BCUT2D eigenvalue weighted by Gasteiger charge is -2.34. The van der Waals surface area contributed by atoms with Gasteiger partial charge in [0.25, 0.3) is 0 Å². The summed E-state index contributed by atoms with van der Waals surface area (Å²) in [5.74, 6) is 0.815. The second-order valence-corrected chi connectivity index (χ2v) is 12.5. The van der Waals surface area contributed by atoms with Crippen LogP contribution >= 0.6 is 46.4 Å². The Hall–Kier alpha value is 1.47. The minimum atomic E-state index is -2.46. The minimum absolute atomic E-state index is 0.313. The van der Waals surface area contributed by atoms with Crippen molar-refractivity contribution in [1.82, 2.24) is 0 Å². The van der Waals surface area contributed by atoms with Crippen LogP contribution in [-0.4, -0.2) is 53.1 Å². The highest BCUT2D eigenvalue weighted by Crippen LogP contribution is 2.19. The number of rotatable bonds is 10. The van der Waals surface area contributed by atoms with Gasteiger partial charge in [0.05, 0.1) is 11.0 Å². The molecule has 0 aliphatic carbocycles. The molecule has 0 heterocycles. The van der Waals surface area contributed by atoms with Crippen LogP contribution in [0.3, 0.4) is 0 Å². The van der Waals surface area contributed by atoms with Crippen molar-refractivity contribution < 1.29 is 13.0 Å². The summed E-state index contributed by atoms with van der Waals surface area (Å²) in [7, 11) is -4.92. The lowest BCUT2D eigenvalue weighted by Crippen LogP contribution is -2.55. The largest absolute Gasteiger partial charge is 0.413 e. The maximum Gasteiger partial charge on any atom is 0.341 e. The third-order valence-electron chi connectivity index (χ3n) is 1.89. The van der Waals surface area contributed by atoms with Crippen LogP contribution < -0.4 is 0 Å². The van der Waals surface area contributed by atoms with E-state index in [2.05, 4.69) is 0 Å². The maximum absolute atomic E-state index is 5.98. The van der Waals surface area contributed by atoms with E-state index in [9.17, 15) is 0 Å². The second-order valence-electron chi connectivity index (χ2n) is 3.71. The zero-order chi connectivity index (χ0) is 13.4. The zero-order valence-electron chi connectivity index (χ0n) is 9.98. The molecule has 17 heavy (non-hydrogen) atoms. The Kier molecular flexibility index (Phi) is 10.2. The van der Waals surface area contributed by atoms with Crippen LogP contribution in [0.4, 0.5) is 0 Å². The Morgan fingerprint density at radius 3 is 1.35 bits per heavy atom. The predicted molar refractivity (Wildman–Crippen MR) is 79.1 cm³/mol. The SMILES string of the molecule is C[Si](CCl)(OCCCl)O[Si](C)(CCl)OCCCl. The topological polar surface area (TPSA) is 27.7 Å². The van der Waals surface area contributed by atoms with E-state index < -0.39 is 17.1 Å². The summed E-state index contributed by atoms with van der Waals surface area (Å²) >= 11 is 23.0. The van der Waals surface area contributed by atoms with E-state index in [1.165, 1.54) is 0 Å². The van der Waals surface area contributed by atoms with Crippen molar-refractivity contribution >= 4 is 63.5 Å². The third kappa shape index (κ3) is 7.59. The molecule has 2 atom stereocenters. The van der Waals surface area contributed by atoms with E-state index in [-0.39, 0.29) is 0 Å². The normalized spacial score (nSPS) is 18.7. The molecule has 0 fully saturated rings. The Morgan fingerprint density at radius 1 is 0.765 bits per heavy atom. The second kappa shape index (κ2) is 9.39. The molecule has 0 rings (SSSR count). The van der Waals surface area contributed by atoms with Gasteiger partial charge < -0.3 is 13.0 Å². The van der Waals surface area contributed by atoms with Gasteiger partial charge in [-0.3, -0.25) is 0 Å². The van der Waals surface area contributed by atoms with Gasteiger partial charge in [-0.25, -0.2) is 0 Å². The summed E-state index contributed by atoms with van der Waals surface area (Å²) in [6.07, 6.45) is 0. The molecule has 0 aliphatic heterocycles. The summed E-state index contributed by atoms with van der Waals surface area (Å²) in [6.45, 7) is 4.60. The lowest BCUT2D eigenvalue weighted by atomic mass is 10.9. The first-order valence-corrected chi connectivity index (χ1v) is 12.4. The van der Waals surface area contributed by atoms with Gasteiger partial charge >= 0.3 is 17.1 Å². The monoisotopic (exact) mass is 358 g/mol. The summed E-state index contributed by atoms with van der Waals surface area (Å²) in [5.41, 5.74) is 0.626. The van der Waals surface area contributed by atoms with E-state index in [1.807, 2.05) is 13.1 Å². The van der Waals surface area contributed by atoms with Crippen molar-refractivity contribution in [3.05, 3.63) is 0 Å². The molecule has 104 valence electrons. The van der Waals surface area contributed by atoms with Gasteiger partial charge in [-0.05, 0) is 13.1 Å². The fourth-order valence-corrected chi connectivity index (χ4v) is 8.80. The van der Waals surface area contributed by atoms with Crippen molar-refractivity contribution in [3.8, 4) is 0 Å². The fourth-order valence-electron chi connectivity index (χ4n) is 1.16. The van der Waals surface area contributed by atoms with Gasteiger partial charge in [0, 0.05) is 25.0 Å². The Balaban J connectivity index is 4.47. The molecule has 0 bridgehead atoms. The van der Waals surface area contributed by atoms with Gasteiger partial charge in [-0.15, -0.1) is 46.4 Å². The Bertz CT molecular complexity index is 195. The van der Waals surface area contributed by atoms with Crippen LogP contribution in [0, 0.1) is 0 Å². The van der Waals surface area contributed by atoms with Gasteiger partial charge in [-0.2, -0.15) is 0 Å². The average Bonchev–Trinajstić information content (AvgIpc) is 2.34. The van der Waals surface area contributed by atoms with E-state index in [0.29, 0.717) is 36.0 Å². The van der Waals surface area contributed by atoms with Crippen molar-refractivity contribution in [3.63, 3.8) is 0 Å². The molecule has 0 aromatic carbocycles. The quantitative estimate of drug-likeness (QED) is 0.442. The molecule has 0 aromatic heterocycles. The molecule has 0 saturated heterocycles. The number of halogens is 4. The maximum atomic E-state index is 5.98. The highest BCUT2D eigenvalue weighted by atomic mass is 35.5. The minimum Gasteiger partial charge on any atom is -0.413 e. The van der Waals surface area contributed by atoms with Crippen molar-refractivity contribution in [2.24, 2.45) is 0 Å². The smallest absolute Gasteiger partial charge is 0.341 e. The summed E-state index contributed by atoms with van der Waals surface area (Å²) in [6, 6.07) is 0. The van der Waals surface area contributed by atoms with Gasteiger partial charge in [0.15, 0.2) is 0 Å². The molecule has 0 saturated carbocycles. The van der Waals surface area contributed by atoms with Crippen LogP contribution in [0.2, 0.25) is 13.1 Å². The van der Waals surface area contributed by atoms with E-state index in [0.717, 1.165) is 0 Å². The standard InChI is InChI=1S/C8H18Cl4O3Si2/c1-16(7-11,13-5-3-9)15-17(2,8-12)14-6-4-10/h3-8H2,1-2H3. The van der Waals surface area contributed by atoms with E-state index in [4.69, 9.17) is 59.4 Å². The van der Waals surface area contributed by atoms with Crippen molar-refractivity contribution in [2.45, 2.75) is 13.1 Å². The highest BCUT2D eigenvalue weighted by Gasteiger charge is 2.42. The molecule has 9 heteroatoms. The van der Waals surface area contributed by atoms with E-state index >= 15 is 0 Å². The van der Waals surface area contributed by atoms with Crippen LogP contribution in [-0.2, 0) is 13.0 Å². The van der Waals surface area contributed by atoms with Gasteiger partial charge in [0.1, 0.15) is 0 Å². The molecule has 0 aromatic rings. The van der Waals surface area contributed by atoms with Crippen molar-refractivity contribution in [1.29, 1.82) is 0 Å². The average molecular weight is 360 g/mol.